The molecule has 0 fully saturated rings. The Balaban J connectivity index is 1.65. The summed E-state index contributed by atoms with van der Waals surface area (Å²) in [7, 11) is 0. The van der Waals surface area contributed by atoms with Gasteiger partial charge in [0.15, 0.2) is 6.10 Å². The van der Waals surface area contributed by atoms with Gasteiger partial charge >= 0.3 is 5.97 Å². The molecule has 0 spiro atoms. The number of aryl methyl sites for hydroxylation is 1. The Morgan fingerprint density at radius 2 is 1.55 bits per heavy atom. The first-order chi connectivity index (χ1) is 14.1. The van der Waals surface area contributed by atoms with Crippen LogP contribution in [0.1, 0.15) is 29.8 Å². The van der Waals surface area contributed by atoms with E-state index in [0.29, 0.717) is 17.2 Å². The third kappa shape index (κ3) is 5.45. The first-order valence-corrected chi connectivity index (χ1v) is 9.49. The lowest BCUT2D eigenvalue weighted by Crippen LogP contribution is -2.30. The molecule has 0 radical (unpaired) electrons. The summed E-state index contributed by atoms with van der Waals surface area (Å²) in [4.78, 5) is 25.0. The van der Waals surface area contributed by atoms with E-state index in [1.807, 2.05) is 42.5 Å². The molecule has 3 aromatic carbocycles. The standard InChI is InChI=1S/C24H23NO4/c1-3-18-13-15-19(16-14-18)25-23(26)17(2)28-24(27)21-11-7-8-12-22(21)29-20-9-5-4-6-10-20/h4-17H,3H2,1-2H3,(H,25,26)/t17-/m1/s1. The molecule has 0 aliphatic carbocycles. The molecule has 0 aliphatic rings. The molecule has 0 heterocycles. The summed E-state index contributed by atoms with van der Waals surface area (Å²) in [5.74, 6) is -0.0508. The van der Waals surface area contributed by atoms with Gasteiger partial charge in [0.1, 0.15) is 17.1 Å². The number of benzene rings is 3. The number of para-hydroxylation sites is 2. The van der Waals surface area contributed by atoms with Crippen LogP contribution >= 0.6 is 0 Å². The zero-order chi connectivity index (χ0) is 20.6. The van der Waals surface area contributed by atoms with E-state index >= 15 is 0 Å². The number of hydrogen-bond acceptors (Lipinski definition) is 4. The van der Waals surface area contributed by atoms with Crippen LogP contribution in [0.15, 0.2) is 78.9 Å². The molecule has 3 aromatic rings. The highest BCUT2D eigenvalue weighted by atomic mass is 16.5. The molecule has 0 aromatic heterocycles. The van der Waals surface area contributed by atoms with Gasteiger partial charge in [-0.05, 0) is 55.3 Å². The summed E-state index contributed by atoms with van der Waals surface area (Å²) in [5.41, 5.74) is 2.09. The Morgan fingerprint density at radius 3 is 2.24 bits per heavy atom. The van der Waals surface area contributed by atoms with Crippen molar-refractivity contribution in [3.05, 3.63) is 90.0 Å². The number of amides is 1. The minimum absolute atomic E-state index is 0.253. The fourth-order valence-corrected chi connectivity index (χ4v) is 2.69. The fourth-order valence-electron chi connectivity index (χ4n) is 2.69. The zero-order valence-electron chi connectivity index (χ0n) is 16.4. The summed E-state index contributed by atoms with van der Waals surface area (Å²) in [6.45, 7) is 3.60. The van der Waals surface area contributed by atoms with Gasteiger partial charge in [0, 0.05) is 5.69 Å². The SMILES string of the molecule is CCc1ccc(NC(=O)[C@@H](C)OC(=O)c2ccccc2Oc2ccccc2)cc1. The van der Waals surface area contributed by atoms with Crippen LogP contribution in [0.3, 0.4) is 0 Å². The summed E-state index contributed by atoms with van der Waals surface area (Å²) in [6, 6.07) is 23.5. The normalized spacial score (nSPS) is 11.4. The van der Waals surface area contributed by atoms with Crippen molar-refractivity contribution in [3.63, 3.8) is 0 Å². The summed E-state index contributed by atoms with van der Waals surface area (Å²) in [6.07, 6.45) is -0.0367. The van der Waals surface area contributed by atoms with Crippen LogP contribution in [-0.2, 0) is 16.0 Å². The topological polar surface area (TPSA) is 64.6 Å². The lowest BCUT2D eigenvalue weighted by atomic mass is 10.1. The van der Waals surface area contributed by atoms with E-state index in [4.69, 9.17) is 9.47 Å². The molecular weight excluding hydrogens is 366 g/mol. The second-order valence-electron chi connectivity index (χ2n) is 6.50. The van der Waals surface area contributed by atoms with Gasteiger partial charge in [-0.2, -0.15) is 0 Å². The molecule has 29 heavy (non-hydrogen) atoms. The monoisotopic (exact) mass is 389 g/mol. The highest BCUT2D eigenvalue weighted by molar-refractivity contribution is 5.98. The molecular formula is C24H23NO4. The van der Waals surface area contributed by atoms with E-state index in [9.17, 15) is 9.59 Å². The van der Waals surface area contributed by atoms with Crippen molar-refractivity contribution in [2.45, 2.75) is 26.4 Å². The third-order valence-corrected chi connectivity index (χ3v) is 4.36. The van der Waals surface area contributed by atoms with E-state index in [-0.39, 0.29) is 5.56 Å². The quantitative estimate of drug-likeness (QED) is 0.562. The molecule has 1 atom stereocenters. The largest absolute Gasteiger partial charge is 0.456 e. The highest BCUT2D eigenvalue weighted by Gasteiger charge is 2.21. The fraction of sp³-hybridized carbons (Fsp3) is 0.167. The average Bonchev–Trinajstić information content (AvgIpc) is 2.75. The molecule has 0 saturated heterocycles. The number of esters is 1. The maximum atomic E-state index is 12.6. The van der Waals surface area contributed by atoms with Gasteiger partial charge in [0.25, 0.3) is 5.91 Å². The van der Waals surface area contributed by atoms with Gasteiger partial charge in [-0.3, -0.25) is 4.79 Å². The lowest BCUT2D eigenvalue weighted by Gasteiger charge is -2.15. The van der Waals surface area contributed by atoms with Gasteiger partial charge in [0.05, 0.1) is 0 Å². The van der Waals surface area contributed by atoms with E-state index < -0.39 is 18.0 Å². The smallest absolute Gasteiger partial charge is 0.342 e. The third-order valence-electron chi connectivity index (χ3n) is 4.36. The number of carbonyl (C=O) groups excluding carboxylic acids is 2. The van der Waals surface area contributed by atoms with E-state index in [1.54, 1.807) is 36.4 Å². The summed E-state index contributed by atoms with van der Waals surface area (Å²) >= 11 is 0. The number of carbonyl (C=O) groups is 2. The van der Waals surface area contributed by atoms with Crippen LogP contribution in [0.4, 0.5) is 5.69 Å². The number of hydrogen-bond donors (Lipinski definition) is 1. The van der Waals surface area contributed by atoms with Crippen molar-refractivity contribution in [3.8, 4) is 11.5 Å². The lowest BCUT2D eigenvalue weighted by molar-refractivity contribution is -0.123. The van der Waals surface area contributed by atoms with Crippen molar-refractivity contribution in [1.82, 2.24) is 0 Å². The summed E-state index contributed by atoms with van der Waals surface area (Å²) in [5, 5.41) is 2.76. The van der Waals surface area contributed by atoms with Gasteiger partial charge < -0.3 is 14.8 Å². The average molecular weight is 389 g/mol. The minimum atomic E-state index is -0.960. The molecule has 0 aliphatic heterocycles. The second kappa shape index (κ2) is 9.55. The van der Waals surface area contributed by atoms with Crippen LogP contribution in [0.25, 0.3) is 0 Å². The van der Waals surface area contributed by atoms with Crippen molar-refractivity contribution in [2.75, 3.05) is 5.32 Å². The second-order valence-corrected chi connectivity index (χ2v) is 6.50. The van der Waals surface area contributed by atoms with Crippen LogP contribution in [0.2, 0.25) is 0 Å². The molecule has 0 unspecified atom stereocenters. The maximum Gasteiger partial charge on any atom is 0.342 e. The Bertz CT molecular complexity index is 968. The number of nitrogens with one attached hydrogen (secondary N) is 1. The van der Waals surface area contributed by atoms with Gasteiger partial charge in [-0.25, -0.2) is 4.79 Å². The molecule has 0 bridgehead atoms. The molecule has 5 heteroatoms. The molecule has 1 N–H and O–H groups in total. The Labute approximate surface area is 170 Å². The maximum absolute atomic E-state index is 12.6. The van der Waals surface area contributed by atoms with Crippen LogP contribution in [0, 0.1) is 0 Å². The highest BCUT2D eigenvalue weighted by Crippen LogP contribution is 2.26. The summed E-state index contributed by atoms with van der Waals surface area (Å²) < 4.78 is 11.2. The minimum Gasteiger partial charge on any atom is -0.456 e. The van der Waals surface area contributed by atoms with Crippen molar-refractivity contribution in [2.24, 2.45) is 0 Å². The Hall–Kier alpha value is -3.60. The molecule has 148 valence electrons. The predicted octanol–water partition coefficient (Wildman–Crippen LogP) is 5.23. The molecule has 1 amide bonds. The van der Waals surface area contributed by atoms with Crippen molar-refractivity contribution >= 4 is 17.6 Å². The Morgan fingerprint density at radius 1 is 0.897 bits per heavy atom. The first-order valence-electron chi connectivity index (χ1n) is 9.49. The van der Waals surface area contributed by atoms with E-state index in [2.05, 4.69) is 12.2 Å². The first kappa shape index (κ1) is 20.1. The molecule has 5 nitrogen and oxygen atoms in total. The number of anilines is 1. The Kier molecular flexibility index (Phi) is 6.63. The van der Waals surface area contributed by atoms with E-state index in [0.717, 1.165) is 6.42 Å². The number of rotatable bonds is 7. The van der Waals surface area contributed by atoms with Crippen LogP contribution < -0.4 is 10.1 Å². The van der Waals surface area contributed by atoms with Crippen LogP contribution in [0.5, 0.6) is 11.5 Å². The zero-order valence-corrected chi connectivity index (χ0v) is 16.4. The van der Waals surface area contributed by atoms with Crippen molar-refractivity contribution in [1.29, 1.82) is 0 Å². The number of ether oxygens (including phenoxy) is 2. The van der Waals surface area contributed by atoms with Crippen molar-refractivity contribution < 1.29 is 19.1 Å². The van der Waals surface area contributed by atoms with Crippen LogP contribution in [-0.4, -0.2) is 18.0 Å². The van der Waals surface area contributed by atoms with E-state index in [1.165, 1.54) is 12.5 Å². The predicted molar refractivity (Wildman–Crippen MR) is 112 cm³/mol. The molecule has 0 saturated carbocycles. The van der Waals surface area contributed by atoms with Gasteiger partial charge in [-0.1, -0.05) is 49.4 Å². The van der Waals surface area contributed by atoms with Gasteiger partial charge in [-0.15, -0.1) is 0 Å². The molecule has 3 rings (SSSR count). The van der Waals surface area contributed by atoms with Gasteiger partial charge in [0.2, 0.25) is 0 Å².